The molecular formula is C66H54N4O2. The smallest absolute Gasteiger partial charge is 0.178 e. The van der Waals surface area contributed by atoms with Crippen LogP contribution in [0.3, 0.4) is 0 Å². The maximum atomic E-state index is 6.63. The molecule has 0 spiro atoms. The Morgan fingerprint density at radius 1 is 0.417 bits per heavy atom. The quantitative estimate of drug-likeness (QED) is 0.109. The zero-order valence-electron chi connectivity index (χ0n) is 40.9. The lowest BCUT2D eigenvalue weighted by Crippen LogP contribution is -2.13. The average molecular weight is 935 g/mol. The van der Waals surface area contributed by atoms with Crippen LogP contribution in [0.5, 0.6) is 0 Å². The summed E-state index contributed by atoms with van der Waals surface area (Å²) in [4.78, 5) is 15.1. The van der Waals surface area contributed by atoms with E-state index in [1.165, 1.54) is 5.56 Å². The highest BCUT2D eigenvalue weighted by Crippen LogP contribution is 2.41. The molecule has 0 amide bonds. The van der Waals surface area contributed by atoms with Crippen molar-refractivity contribution in [1.29, 1.82) is 0 Å². The topological polar surface area (TPSA) is 90.4 Å². The Kier molecular flexibility index (Phi) is 13.7. The van der Waals surface area contributed by atoms with E-state index < -0.39 is 0 Å². The number of benzene rings is 9. The molecule has 0 unspecified atom stereocenters. The fourth-order valence-corrected chi connectivity index (χ4v) is 9.07. The van der Waals surface area contributed by atoms with Gasteiger partial charge in [-0.25, -0.2) is 15.0 Å². The predicted octanol–water partition coefficient (Wildman–Crippen LogP) is 17.7. The van der Waals surface area contributed by atoms with Crippen molar-refractivity contribution in [2.45, 2.75) is 34.1 Å². The van der Waals surface area contributed by atoms with Gasteiger partial charge in [0.05, 0.1) is 17.1 Å². The number of nitrogens with two attached hydrogens (primary N) is 1. The van der Waals surface area contributed by atoms with Gasteiger partial charge >= 0.3 is 0 Å². The third-order valence-corrected chi connectivity index (χ3v) is 12.6. The van der Waals surface area contributed by atoms with Crippen LogP contribution < -0.4 is 5.73 Å². The molecule has 12 rings (SSSR count). The van der Waals surface area contributed by atoms with Crippen LogP contribution in [0.1, 0.15) is 44.4 Å². The van der Waals surface area contributed by atoms with E-state index in [0.29, 0.717) is 11.7 Å². The normalized spacial score (nSPS) is 11.6. The molecule has 0 aliphatic carbocycles. The van der Waals surface area contributed by atoms with Crippen LogP contribution in [0, 0.1) is 0 Å². The Hall–Kier alpha value is -9.13. The monoisotopic (exact) mass is 934 g/mol. The highest BCUT2D eigenvalue weighted by atomic mass is 16.4. The van der Waals surface area contributed by atoms with E-state index in [1.807, 2.05) is 100 Å². The summed E-state index contributed by atoms with van der Waals surface area (Å²) < 4.78 is 13.2. The first-order valence-electron chi connectivity index (χ1n) is 24.7. The number of fused-ring (bicyclic) bond motifs is 7. The molecule has 3 heterocycles. The second kappa shape index (κ2) is 21.2. The molecule has 6 nitrogen and oxygen atoms in total. The van der Waals surface area contributed by atoms with Crippen molar-refractivity contribution in [2.75, 3.05) is 0 Å². The number of aromatic nitrogens is 2. The minimum atomic E-state index is 0.470. The van der Waals surface area contributed by atoms with Crippen molar-refractivity contribution in [3.63, 3.8) is 0 Å². The van der Waals surface area contributed by atoms with Crippen molar-refractivity contribution in [3.8, 4) is 56.2 Å². The molecule has 0 aliphatic rings. The Morgan fingerprint density at radius 2 is 0.875 bits per heavy atom. The van der Waals surface area contributed by atoms with Gasteiger partial charge in [-0.1, -0.05) is 204 Å². The molecule has 9 aromatic carbocycles. The van der Waals surface area contributed by atoms with Gasteiger partial charge < -0.3 is 14.6 Å². The van der Waals surface area contributed by atoms with Crippen LogP contribution in [0.15, 0.2) is 244 Å². The number of furan rings is 2. The van der Waals surface area contributed by atoms with E-state index in [9.17, 15) is 0 Å². The van der Waals surface area contributed by atoms with E-state index in [1.54, 1.807) is 0 Å². The zero-order chi connectivity index (χ0) is 49.4. The van der Waals surface area contributed by atoms with Gasteiger partial charge in [0.2, 0.25) is 0 Å². The molecule has 2 N–H and O–H groups in total. The van der Waals surface area contributed by atoms with Crippen molar-refractivity contribution < 1.29 is 8.83 Å². The number of nitrogens with zero attached hydrogens (tertiary/aromatic N) is 3. The molecule has 0 aliphatic heterocycles. The summed E-state index contributed by atoms with van der Waals surface area (Å²) in [6, 6.07) is 76.9. The molecule has 3 aromatic heterocycles. The number of hydrogen-bond acceptors (Lipinski definition) is 5. The fraction of sp³-hybridized carbons (Fsp3) is 0.0758. The molecule has 72 heavy (non-hydrogen) atoms. The fourth-order valence-electron chi connectivity index (χ4n) is 9.07. The van der Waals surface area contributed by atoms with Gasteiger partial charge in [0.25, 0.3) is 0 Å². The van der Waals surface area contributed by atoms with E-state index in [4.69, 9.17) is 29.5 Å². The number of amidine groups is 1. The number of aliphatic imine (C=N–C) groups is 1. The molecule has 12 aromatic rings. The summed E-state index contributed by atoms with van der Waals surface area (Å²) in [6.45, 7) is 8.00. The van der Waals surface area contributed by atoms with Crippen LogP contribution in [0.2, 0.25) is 0 Å². The van der Waals surface area contributed by atoms with Gasteiger partial charge in [0.1, 0.15) is 17.0 Å². The maximum absolute atomic E-state index is 6.63. The molecule has 0 fully saturated rings. The molecule has 6 heteroatoms. The van der Waals surface area contributed by atoms with Gasteiger partial charge in [0.15, 0.2) is 17.0 Å². The summed E-state index contributed by atoms with van der Waals surface area (Å²) in [5.41, 5.74) is 22.6. The van der Waals surface area contributed by atoms with E-state index in [2.05, 4.69) is 158 Å². The lowest BCUT2D eigenvalue weighted by atomic mass is 9.98. The van der Waals surface area contributed by atoms with Crippen LogP contribution >= 0.6 is 0 Å². The number of rotatable bonds is 10. The molecule has 0 saturated carbocycles. The molecule has 350 valence electrons. The lowest BCUT2D eigenvalue weighted by molar-refractivity contribution is 0.633. The van der Waals surface area contributed by atoms with Crippen molar-refractivity contribution in [2.24, 2.45) is 10.7 Å². The predicted molar refractivity (Wildman–Crippen MR) is 302 cm³/mol. The Bertz CT molecular complexity index is 3820. The molecule has 0 radical (unpaired) electrons. The van der Waals surface area contributed by atoms with Gasteiger partial charge in [-0.15, -0.1) is 0 Å². The first-order chi connectivity index (χ1) is 35.6. The minimum Gasteiger partial charge on any atom is -0.452 e. The van der Waals surface area contributed by atoms with Gasteiger partial charge in [-0.3, -0.25) is 0 Å². The third kappa shape index (κ3) is 9.59. The molecular weight excluding hydrogens is 881 g/mol. The van der Waals surface area contributed by atoms with Gasteiger partial charge in [-0.2, -0.15) is 0 Å². The van der Waals surface area contributed by atoms with Gasteiger partial charge in [0, 0.05) is 49.4 Å². The van der Waals surface area contributed by atoms with Crippen molar-refractivity contribution in [1.82, 2.24) is 9.97 Å². The Labute approximate surface area is 420 Å². The van der Waals surface area contributed by atoms with Crippen molar-refractivity contribution in [3.05, 3.63) is 247 Å². The summed E-state index contributed by atoms with van der Waals surface area (Å²) >= 11 is 0. The Morgan fingerprint density at radius 3 is 1.47 bits per heavy atom. The Balaban J connectivity index is 0.00000146. The molecule has 0 bridgehead atoms. The summed E-state index contributed by atoms with van der Waals surface area (Å²) in [6.07, 6.45) is 2.87. The molecule has 0 saturated heterocycles. The largest absolute Gasteiger partial charge is 0.452 e. The number of allylic oxidation sites excluding steroid dienone is 1. The third-order valence-electron chi connectivity index (χ3n) is 12.6. The molecule has 0 atom stereocenters. The van der Waals surface area contributed by atoms with E-state index in [-0.39, 0.29) is 0 Å². The first-order valence-corrected chi connectivity index (χ1v) is 24.7. The average Bonchev–Trinajstić information content (AvgIpc) is 4.04. The zero-order valence-corrected chi connectivity index (χ0v) is 40.9. The van der Waals surface area contributed by atoms with Crippen LogP contribution in [-0.4, -0.2) is 15.8 Å². The van der Waals surface area contributed by atoms with E-state index in [0.717, 1.165) is 117 Å². The maximum Gasteiger partial charge on any atom is 0.178 e. The summed E-state index contributed by atoms with van der Waals surface area (Å²) in [7, 11) is 0. The van der Waals surface area contributed by atoms with Gasteiger partial charge in [-0.05, 0) is 88.8 Å². The lowest BCUT2D eigenvalue weighted by Gasteiger charge is -2.10. The minimum absolute atomic E-state index is 0.470. The summed E-state index contributed by atoms with van der Waals surface area (Å²) in [5, 5.41) is 4.04. The first kappa shape index (κ1) is 46.6. The highest BCUT2D eigenvalue weighted by molar-refractivity contribution is 6.19. The summed E-state index contributed by atoms with van der Waals surface area (Å²) in [5.74, 6) is 1.16. The van der Waals surface area contributed by atoms with Crippen molar-refractivity contribution >= 4 is 55.4 Å². The number of hydrogen-bond donors (Lipinski definition) is 1. The SMILES string of the molecule is CC.CC.NC(=N/C(=C\Cc1ccccc1)c1cccc(-c2ccc3oc4c(ccc5c6cc(-c7cccc(-c8cc(-c9ccccc9)nc(-c9ccccc9)n8)c7)ccc6oc54)c3c2)c1)c1ccccc1. The van der Waals surface area contributed by atoms with Crippen LogP contribution in [0.4, 0.5) is 0 Å². The van der Waals surface area contributed by atoms with E-state index >= 15 is 0 Å². The van der Waals surface area contributed by atoms with Crippen LogP contribution in [0.25, 0.3) is 106 Å². The van der Waals surface area contributed by atoms with Crippen LogP contribution in [-0.2, 0) is 6.42 Å². The highest BCUT2D eigenvalue weighted by Gasteiger charge is 2.18. The standard InChI is InChI=1S/C62H42N4O2.2C2H6/c63-61(42-19-9-3-10-20-42)64-54(32-27-40-15-5-1-6-16-40)48-25-13-23-44(35-48)46-28-33-57-52(37-46)50-30-31-51-53-38-47(29-34-58(53)68-60(51)59(50)67-57)45-24-14-26-49(36-45)56-39-55(41-17-7-2-8-18-41)65-62(66-56)43-21-11-4-12-22-43;2*1-2/h1-26,28-39H,27H2,(H2,63,64);2*1-2H3/b54-32-;;. The second-order valence-corrected chi connectivity index (χ2v) is 16.9. The second-order valence-electron chi connectivity index (χ2n) is 16.9.